The third-order valence-corrected chi connectivity index (χ3v) is 2.74. The van der Waals surface area contributed by atoms with E-state index in [9.17, 15) is 0 Å². The van der Waals surface area contributed by atoms with Crippen LogP contribution in [0.25, 0.3) is 11.0 Å². The van der Waals surface area contributed by atoms with E-state index < -0.39 is 0 Å². The maximum absolute atomic E-state index is 9.10. The van der Waals surface area contributed by atoms with Crippen LogP contribution in [0.2, 0.25) is 0 Å². The number of aromatic nitrogens is 2. The second-order valence-corrected chi connectivity index (χ2v) is 4.13. The van der Waals surface area contributed by atoms with Crippen LogP contribution >= 0.6 is 0 Å². The second kappa shape index (κ2) is 5.64. The van der Waals surface area contributed by atoms with Crippen molar-refractivity contribution < 1.29 is 5.11 Å². The fraction of sp³-hybridized carbons (Fsp3) is 0.385. The number of hydrogen-bond acceptors (Lipinski definition) is 5. The monoisotopic (exact) mass is 246 g/mol. The molecule has 5 nitrogen and oxygen atoms in total. The van der Waals surface area contributed by atoms with E-state index >= 15 is 0 Å². The number of hydrogen-bond donors (Lipinski definition) is 2. The van der Waals surface area contributed by atoms with Gasteiger partial charge in [-0.3, -0.25) is 0 Å². The average Bonchev–Trinajstić information content (AvgIpc) is 2.38. The summed E-state index contributed by atoms with van der Waals surface area (Å²) in [6, 6.07) is 7.63. The Labute approximate surface area is 106 Å². The van der Waals surface area contributed by atoms with Crippen LogP contribution in [0.4, 0.5) is 11.6 Å². The summed E-state index contributed by atoms with van der Waals surface area (Å²) < 4.78 is 0. The lowest BCUT2D eigenvalue weighted by atomic mass is 10.3. The van der Waals surface area contributed by atoms with Gasteiger partial charge in [0, 0.05) is 13.1 Å². The van der Waals surface area contributed by atoms with Crippen molar-refractivity contribution in [1.82, 2.24) is 9.97 Å². The van der Waals surface area contributed by atoms with Gasteiger partial charge in [-0.15, -0.1) is 0 Å². The van der Waals surface area contributed by atoms with Gasteiger partial charge >= 0.3 is 0 Å². The highest BCUT2D eigenvalue weighted by Crippen LogP contribution is 2.22. The summed E-state index contributed by atoms with van der Waals surface area (Å²) in [7, 11) is 0. The van der Waals surface area contributed by atoms with Crippen LogP contribution in [0.3, 0.4) is 0 Å². The number of nitrogen functional groups attached to an aromatic ring is 1. The Bertz CT molecular complexity index is 523. The number of fused-ring (bicyclic) bond motifs is 1. The number of rotatable bonds is 5. The van der Waals surface area contributed by atoms with Crippen molar-refractivity contribution in [2.24, 2.45) is 0 Å². The number of nitrogens with zero attached hydrogens (tertiary/aromatic N) is 3. The van der Waals surface area contributed by atoms with Crippen LogP contribution in [-0.4, -0.2) is 34.8 Å². The predicted octanol–water partition coefficient (Wildman–Crippen LogP) is 1.42. The number of nitrogens with two attached hydrogens (primary N) is 1. The first kappa shape index (κ1) is 12.6. The van der Waals surface area contributed by atoms with Gasteiger partial charge in [-0.1, -0.05) is 19.1 Å². The minimum absolute atomic E-state index is 0.0773. The Morgan fingerprint density at radius 2 is 1.83 bits per heavy atom. The summed E-state index contributed by atoms with van der Waals surface area (Å²) in [6.07, 6.45) is 0.966. The fourth-order valence-electron chi connectivity index (χ4n) is 1.95. The molecule has 0 saturated heterocycles. The van der Waals surface area contributed by atoms with Crippen molar-refractivity contribution in [3.8, 4) is 0 Å². The van der Waals surface area contributed by atoms with Gasteiger partial charge in [0.2, 0.25) is 0 Å². The van der Waals surface area contributed by atoms with E-state index in [1.54, 1.807) is 0 Å². The Morgan fingerprint density at radius 3 is 2.44 bits per heavy atom. The fourth-order valence-corrected chi connectivity index (χ4v) is 1.95. The van der Waals surface area contributed by atoms with Crippen LogP contribution in [0.15, 0.2) is 24.3 Å². The summed E-state index contributed by atoms with van der Waals surface area (Å²) in [5.41, 5.74) is 7.56. The zero-order chi connectivity index (χ0) is 13.0. The summed E-state index contributed by atoms with van der Waals surface area (Å²) >= 11 is 0. The van der Waals surface area contributed by atoms with Crippen molar-refractivity contribution in [3.63, 3.8) is 0 Å². The molecule has 96 valence electrons. The van der Waals surface area contributed by atoms with Crippen molar-refractivity contribution >= 4 is 22.7 Å². The predicted molar refractivity (Wildman–Crippen MR) is 73.5 cm³/mol. The standard InChI is InChI=1S/C13H18N4O/c1-2-7-17(8-9-18)13-12(14)15-10-5-3-4-6-11(10)16-13/h3-6,18H,2,7-9H2,1H3,(H2,14,15). The van der Waals surface area contributed by atoms with Crippen LogP contribution in [0, 0.1) is 0 Å². The maximum Gasteiger partial charge on any atom is 0.172 e. The van der Waals surface area contributed by atoms with Gasteiger partial charge in [0.15, 0.2) is 11.6 Å². The molecule has 0 atom stereocenters. The number of para-hydroxylation sites is 2. The second-order valence-electron chi connectivity index (χ2n) is 4.13. The molecule has 0 unspecified atom stereocenters. The molecule has 2 aromatic rings. The van der Waals surface area contributed by atoms with Crippen LogP contribution in [0.1, 0.15) is 13.3 Å². The summed E-state index contributed by atoms with van der Waals surface area (Å²) in [5.74, 6) is 1.07. The smallest absolute Gasteiger partial charge is 0.172 e. The molecule has 1 heterocycles. The van der Waals surface area contributed by atoms with E-state index in [4.69, 9.17) is 10.8 Å². The Kier molecular flexibility index (Phi) is 3.94. The summed E-state index contributed by atoms with van der Waals surface area (Å²) in [5, 5.41) is 9.10. The molecule has 5 heteroatoms. The molecule has 0 amide bonds. The van der Waals surface area contributed by atoms with Crippen molar-refractivity contribution in [2.75, 3.05) is 30.3 Å². The molecule has 18 heavy (non-hydrogen) atoms. The van der Waals surface area contributed by atoms with Gasteiger partial charge in [0.1, 0.15) is 0 Å². The average molecular weight is 246 g/mol. The summed E-state index contributed by atoms with van der Waals surface area (Å²) in [6.45, 7) is 3.48. The van der Waals surface area contributed by atoms with Gasteiger partial charge in [0.05, 0.1) is 17.6 Å². The minimum Gasteiger partial charge on any atom is -0.395 e. The van der Waals surface area contributed by atoms with Crippen LogP contribution < -0.4 is 10.6 Å². The molecule has 0 fully saturated rings. The molecule has 0 spiro atoms. The highest BCUT2D eigenvalue weighted by atomic mass is 16.3. The first-order chi connectivity index (χ1) is 8.76. The lowest BCUT2D eigenvalue weighted by Gasteiger charge is -2.23. The van der Waals surface area contributed by atoms with Crippen molar-refractivity contribution in [1.29, 1.82) is 0 Å². The van der Waals surface area contributed by atoms with Crippen molar-refractivity contribution in [2.45, 2.75) is 13.3 Å². The molecule has 2 rings (SSSR count). The Morgan fingerprint density at radius 1 is 1.17 bits per heavy atom. The zero-order valence-corrected chi connectivity index (χ0v) is 10.5. The molecule has 1 aromatic heterocycles. The van der Waals surface area contributed by atoms with Crippen molar-refractivity contribution in [3.05, 3.63) is 24.3 Å². The highest BCUT2D eigenvalue weighted by molar-refractivity contribution is 5.79. The maximum atomic E-state index is 9.10. The molecule has 0 radical (unpaired) electrons. The van der Waals surface area contributed by atoms with E-state index in [1.165, 1.54) is 0 Å². The molecule has 1 aromatic carbocycles. The molecule has 0 saturated carbocycles. The number of anilines is 2. The third kappa shape index (κ3) is 2.51. The lowest BCUT2D eigenvalue weighted by molar-refractivity contribution is 0.301. The highest BCUT2D eigenvalue weighted by Gasteiger charge is 2.12. The van der Waals surface area contributed by atoms with Crippen LogP contribution in [0.5, 0.6) is 0 Å². The summed E-state index contributed by atoms with van der Waals surface area (Å²) in [4.78, 5) is 10.9. The molecule has 0 bridgehead atoms. The first-order valence-electron chi connectivity index (χ1n) is 6.14. The zero-order valence-electron chi connectivity index (χ0n) is 10.5. The van der Waals surface area contributed by atoms with Gasteiger partial charge < -0.3 is 15.7 Å². The number of benzene rings is 1. The molecule has 0 aliphatic carbocycles. The van der Waals surface area contributed by atoms with E-state index in [-0.39, 0.29) is 6.61 Å². The number of aliphatic hydroxyl groups is 1. The van der Waals surface area contributed by atoms with Gasteiger partial charge in [-0.2, -0.15) is 0 Å². The third-order valence-electron chi connectivity index (χ3n) is 2.74. The van der Waals surface area contributed by atoms with E-state index in [0.717, 1.165) is 24.0 Å². The van der Waals surface area contributed by atoms with Gasteiger partial charge in [-0.05, 0) is 18.6 Å². The quantitative estimate of drug-likeness (QED) is 0.834. The van der Waals surface area contributed by atoms with Crippen LogP contribution in [-0.2, 0) is 0 Å². The Balaban J connectivity index is 2.44. The van der Waals surface area contributed by atoms with E-state index in [1.807, 2.05) is 29.2 Å². The lowest BCUT2D eigenvalue weighted by Crippen LogP contribution is -2.29. The SMILES string of the molecule is CCCN(CCO)c1nc2ccccc2nc1N. The largest absolute Gasteiger partial charge is 0.395 e. The topological polar surface area (TPSA) is 75.3 Å². The molecule has 0 aliphatic heterocycles. The molecular formula is C13H18N4O. The number of aliphatic hydroxyl groups excluding tert-OH is 1. The normalized spacial score (nSPS) is 10.8. The first-order valence-corrected chi connectivity index (χ1v) is 6.14. The Hall–Kier alpha value is -1.88. The molecular weight excluding hydrogens is 228 g/mol. The molecule has 3 N–H and O–H groups in total. The minimum atomic E-state index is 0.0773. The van der Waals surface area contributed by atoms with Gasteiger partial charge in [0.25, 0.3) is 0 Å². The van der Waals surface area contributed by atoms with E-state index in [2.05, 4.69) is 16.9 Å². The van der Waals surface area contributed by atoms with Gasteiger partial charge in [-0.25, -0.2) is 9.97 Å². The molecule has 0 aliphatic rings. The van der Waals surface area contributed by atoms with E-state index in [0.29, 0.717) is 18.2 Å².